The number of rotatable bonds is 2. The molecule has 1 unspecified atom stereocenters. The highest BCUT2D eigenvalue weighted by atomic mass is 32.2. The van der Waals surface area contributed by atoms with E-state index in [-0.39, 0.29) is 10.6 Å². The van der Waals surface area contributed by atoms with Crippen molar-refractivity contribution in [2.24, 2.45) is 0 Å². The summed E-state index contributed by atoms with van der Waals surface area (Å²) in [5.41, 5.74) is 5.33. The van der Waals surface area contributed by atoms with Gasteiger partial charge >= 0.3 is 0 Å². The van der Waals surface area contributed by atoms with Crippen molar-refractivity contribution in [3.63, 3.8) is 0 Å². The maximum atomic E-state index is 13.2. The summed E-state index contributed by atoms with van der Waals surface area (Å²) in [6.07, 6.45) is 2.17. The van der Waals surface area contributed by atoms with E-state index >= 15 is 0 Å². The van der Waals surface area contributed by atoms with Gasteiger partial charge in [0, 0.05) is 25.7 Å². The number of halogens is 1. The van der Waals surface area contributed by atoms with Crippen LogP contribution in [-0.4, -0.2) is 49.8 Å². The molecular formula is C13H18FN3O2S. The molecular weight excluding hydrogens is 281 g/mol. The lowest BCUT2D eigenvalue weighted by atomic mass is 10.2. The van der Waals surface area contributed by atoms with Gasteiger partial charge in [0.2, 0.25) is 10.0 Å². The summed E-state index contributed by atoms with van der Waals surface area (Å²) in [5.74, 6) is -0.593. The topological polar surface area (TPSA) is 66.6 Å². The van der Waals surface area contributed by atoms with E-state index in [1.165, 1.54) is 16.4 Å². The molecule has 0 aromatic heterocycles. The number of anilines is 1. The van der Waals surface area contributed by atoms with Crippen molar-refractivity contribution < 1.29 is 12.8 Å². The van der Waals surface area contributed by atoms with Crippen LogP contribution in [0.5, 0.6) is 0 Å². The molecule has 2 heterocycles. The summed E-state index contributed by atoms with van der Waals surface area (Å²) in [5, 5.41) is 0. The zero-order valence-electron chi connectivity index (χ0n) is 11.1. The molecule has 1 atom stereocenters. The van der Waals surface area contributed by atoms with Gasteiger partial charge in [-0.15, -0.1) is 0 Å². The predicted octanol–water partition coefficient (Wildman–Crippen LogP) is 0.877. The summed E-state index contributed by atoms with van der Waals surface area (Å²) in [6, 6.07) is 3.90. The van der Waals surface area contributed by atoms with E-state index in [2.05, 4.69) is 4.90 Å². The highest BCUT2D eigenvalue weighted by Crippen LogP contribution is 2.26. The van der Waals surface area contributed by atoms with Crippen molar-refractivity contribution in [2.75, 3.05) is 31.9 Å². The lowest BCUT2D eigenvalue weighted by molar-refractivity contribution is 0.158. The molecule has 1 aromatic rings. The van der Waals surface area contributed by atoms with E-state index < -0.39 is 15.8 Å². The first-order valence-corrected chi connectivity index (χ1v) is 8.22. The number of fused-ring (bicyclic) bond motifs is 1. The van der Waals surface area contributed by atoms with Gasteiger partial charge < -0.3 is 5.73 Å². The van der Waals surface area contributed by atoms with E-state index in [9.17, 15) is 12.8 Å². The fourth-order valence-corrected chi connectivity index (χ4v) is 4.52. The summed E-state index contributed by atoms with van der Waals surface area (Å²) in [6.45, 7) is 2.82. The molecule has 2 aliphatic rings. The monoisotopic (exact) mass is 299 g/mol. The molecule has 7 heteroatoms. The Bertz CT molecular complexity index is 620. The third-order valence-corrected chi connectivity index (χ3v) is 6.02. The summed E-state index contributed by atoms with van der Waals surface area (Å²) in [4.78, 5) is 2.41. The normalized spacial score (nSPS) is 24.8. The molecule has 2 fully saturated rings. The summed E-state index contributed by atoms with van der Waals surface area (Å²) in [7, 11) is -3.58. The van der Waals surface area contributed by atoms with Crippen LogP contribution in [0.1, 0.15) is 12.8 Å². The Balaban J connectivity index is 1.86. The Morgan fingerprint density at radius 3 is 2.80 bits per heavy atom. The number of nitrogens with zero attached hydrogens (tertiary/aromatic N) is 2. The van der Waals surface area contributed by atoms with Gasteiger partial charge in [-0.05, 0) is 37.6 Å². The minimum atomic E-state index is -3.58. The van der Waals surface area contributed by atoms with Crippen LogP contribution < -0.4 is 5.73 Å². The molecule has 20 heavy (non-hydrogen) atoms. The Morgan fingerprint density at radius 2 is 2.05 bits per heavy atom. The van der Waals surface area contributed by atoms with Crippen molar-refractivity contribution in [3.05, 3.63) is 24.0 Å². The lowest BCUT2D eigenvalue weighted by Crippen LogP contribution is -2.51. The van der Waals surface area contributed by atoms with Gasteiger partial charge in [-0.3, -0.25) is 4.90 Å². The largest absolute Gasteiger partial charge is 0.396 e. The van der Waals surface area contributed by atoms with Crippen LogP contribution in [0, 0.1) is 5.82 Å². The van der Waals surface area contributed by atoms with Gasteiger partial charge in [-0.1, -0.05) is 0 Å². The van der Waals surface area contributed by atoms with Gasteiger partial charge in [0.05, 0.1) is 10.6 Å². The average Bonchev–Trinajstić information content (AvgIpc) is 2.89. The highest BCUT2D eigenvalue weighted by Gasteiger charge is 2.36. The number of hydrogen-bond acceptors (Lipinski definition) is 4. The molecule has 0 bridgehead atoms. The van der Waals surface area contributed by atoms with Gasteiger partial charge in [0.15, 0.2) is 0 Å². The first-order valence-electron chi connectivity index (χ1n) is 6.78. The van der Waals surface area contributed by atoms with Crippen LogP contribution in [0.2, 0.25) is 0 Å². The average molecular weight is 299 g/mol. The predicted molar refractivity (Wildman–Crippen MR) is 74.2 cm³/mol. The van der Waals surface area contributed by atoms with Crippen molar-refractivity contribution in [1.82, 2.24) is 9.21 Å². The summed E-state index contributed by atoms with van der Waals surface area (Å²) >= 11 is 0. The molecule has 0 spiro atoms. The zero-order valence-corrected chi connectivity index (χ0v) is 11.9. The van der Waals surface area contributed by atoms with E-state index in [0.717, 1.165) is 32.0 Å². The van der Waals surface area contributed by atoms with Gasteiger partial charge in [-0.2, -0.15) is 4.31 Å². The molecule has 0 saturated carbocycles. The van der Waals surface area contributed by atoms with Crippen molar-refractivity contribution in [1.29, 1.82) is 0 Å². The number of hydrogen-bond donors (Lipinski definition) is 1. The van der Waals surface area contributed by atoms with Gasteiger partial charge in [0.25, 0.3) is 0 Å². The van der Waals surface area contributed by atoms with Crippen LogP contribution in [0.15, 0.2) is 23.1 Å². The molecule has 110 valence electrons. The fourth-order valence-electron chi connectivity index (χ4n) is 3.01. The van der Waals surface area contributed by atoms with Gasteiger partial charge in [0.1, 0.15) is 5.82 Å². The zero-order chi connectivity index (χ0) is 14.3. The number of nitrogen functional groups attached to an aromatic ring is 1. The van der Waals surface area contributed by atoms with Crippen LogP contribution in [0.4, 0.5) is 10.1 Å². The molecule has 5 nitrogen and oxygen atoms in total. The minimum Gasteiger partial charge on any atom is -0.396 e. The lowest BCUT2D eigenvalue weighted by Gasteiger charge is -2.36. The van der Waals surface area contributed by atoms with Crippen LogP contribution in [-0.2, 0) is 10.0 Å². The molecule has 3 rings (SSSR count). The standard InChI is InChI=1S/C13H18FN3O2S/c14-12-4-3-11(8-13(12)15)20(18,19)17-7-6-16-5-1-2-10(16)9-17/h3-4,8,10H,1-2,5-7,9,15H2. The number of piperazine rings is 1. The second kappa shape index (κ2) is 4.98. The minimum absolute atomic E-state index is 0.0721. The SMILES string of the molecule is Nc1cc(S(=O)(=O)N2CCN3CCCC3C2)ccc1F. The second-order valence-corrected chi connectivity index (χ2v) is 7.32. The first-order chi connectivity index (χ1) is 9.48. The number of sulfonamides is 1. The van der Waals surface area contributed by atoms with E-state index in [1.807, 2.05) is 0 Å². The third-order valence-electron chi connectivity index (χ3n) is 4.16. The maximum absolute atomic E-state index is 13.2. The molecule has 0 amide bonds. The van der Waals surface area contributed by atoms with Crippen LogP contribution in [0.3, 0.4) is 0 Å². The number of benzene rings is 1. The van der Waals surface area contributed by atoms with E-state index in [0.29, 0.717) is 19.1 Å². The van der Waals surface area contributed by atoms with Crippen LogP contribution >= 0.6 is 0 Å². The van der Waals surface area contributed by atoms with Crippen LogP contribution in [0.25, 0.3) is 0 Å². The van der Waals surface area contributed by atoms with Gasteiger partial charge in [-0.25, -0.2) is 12.8 Å². The molecule has 0 aliphatic carbocycles. The Morgan fingerprint density at radius 1 is 1.25 bits per heavy atom. The molecule has 0 radical (unpaired) electrons. The molecule has 2 N–H and O–H groups in total. The van der Waals surface area contributed by atoms with Crippen molar-refractivity contribution in [2.45, 2.75) is 23.8 Å². The molecule has 2 saturated heterocycles. The maximum Gasteiger partial charge on any atom is 0.243 e. The van der Waals surface area contributed by atoms with Crippen molar-refractivity contribution in [3.8, 4) is 0 Å². The quantitative estimate of drug-likeness (QED) is 0.823. The molecule has 2 aliphatic heterocycles. The Kier molecular flexibility index (Phi) is 3.43. The third kappa shape index (κ3) is 2.30. The second-order valence-electron chi connectivity index (χ2n) is 5.38. The highest BCUT2D eigenvalue weighted by molar-refractivity contribution is 7.89. The first kappa shape index (κ1) is 13.8. The van der Waals surface area contributed by atoms with Crippen molar-refractivity contribution >= 4 is 15.7 Å². The Labute approximate surface area is 118 Å². The van der Waals surface area contributed by atoms with E-state index in [4.69, 9.17) is 5.73 Å². The van der Waals surface area contributed by atoms with E-state index in [1.54, 1.807) is 0 Å². The molecule has 1 aromatic carbocycles. The summed E-state index contributed by atoms with van der Waals surface area (Å²) < 4.78 is 39.8. The number of nitrogens with two attached hydrogens (primary N) is 1. The fraction of sp³-hybridized carbons (Fsp3) is 0.538. The smallest absolute Gasteiger partial charge is 0.243 e. The Hall–Kier alpha value is -1.18.